The van der Waals surface area contributed by atoms with Crippen molar-refractivity contribution in [1.29, 1.82) is 0 Å². The average Bonchev–Trinajstić information content (AvgIpc) is 2.68. The number of nitrogens with one attached hydrogen (secondary N) is 2. The molecule has 1 rings (SSSR count). The number of rotatable bonds is 4. The Morgan fingerprint density at radius 3 is 2.35 bits per heavy atom. The fourth-order valence-electron chi connectivity index (χ4n) is 1.57. The lowest BCUT2D eigenvalue weighted by atomic mass is 9.97. The molecular weight excluding hydrogens is 302 g/mol. The van der Waals surface area contributed by atoms with Crippen molar-refractivity contribution >= 4 is 25.6 Å². The molecule has 1 aromatic heterocycles. The molecule has 0 aromatic carbocycles. The fourth-order valence-corrected chi connectivity index (χ4v) is 2.95. The lowest BCUT2D eigenvalue weighted by molar-refractivity contribution is 0.0931. The first-order valence-electron chi connectivity index (χ1n) is 6.24. The fraction of sp³-hybridized carbons (Fsp3) is 0.667. The zero-order valence-electron chi connectivity index (χ0n) is 12.2. The molecule has 0 fully saturated rings. The molecule has 6 nitrogen and oxygen atoms in total. The van der Waals surface area contributed by atoms with Crippen LogP contribution in [0.25, 0.3) is 0 Å². The summed E-state index contributed by atoms with van der Waals surface area (Å²) in [6.07, 6.45) is 0. The van der Waals surface area contributed by atoms with E-state index < -0.39 is 15.0 Å². The van der Waals surface area contributed by atoms with Crippen molar-refractivity contribution in [2.24, 2.45) is 5.41 Å². The second-order valence-corrected chi connectivity index (χ2v) is 8.65. The third-order valence-corrected chi connectivity index (χ3v) is 3.93. The number of nitrogens with zero attached hydrogens (tertiary/aromatic N) is 1. The first kappa shape index (κ1) is 17.0. The van der Waals surface area contributed by atoms with Gasteiger partial charge in [-0.2, -0.15) is 5.10 Å². The minimum atomic E-state index is -4.05. The Hall–Kier alpha value is -1.08. The topological polar surface area (TPSA) is 91.9 Å². The number of aromatic amines is 1. The minimum absolute atomic E-state index is 0.118. The van der Waals surface area contributed by atoms with Crippen LogP contribution in [0, 0.1) is 5.41 Å². The average molecular weight is 322 g/mol. The van der Waals surface area contributed by atoms with Crippen LogP contribution in [-0.4, -0.2) is 31.1 Å². The van der Waals surface area contributed by atoms with E-state index in [2.05, 4.69) is 15.5 Å². The van der Waals surface area contributed by atoms with Crippen molar-refractivity contribution in [3.05, 3.63) is 11.4 Å². The molecule has 0 atom stereocenters. The Labute approximate surface area is 123 Å². The molecule has 8 heteroatoms. The summed E-state index contributed by atoms with van der Waals surface area (Å²) in [6.45, 7) is 9.84. The highest BCUT2D eigenvalue weighted by Crippen LogP contribution is 2.27. The molecule has 0 bridgehead atoms. The Bertz CT molecular complexity index is 600. The maximum Gasteiger partial charge on any atom is 0.273 e. The van der Waals surface area contributed by atoms with Gasteiger partial charge in [0, 0.05) is 17.2 Å². The first-order valence-corrected chi connectivity index (χ1v) is 8.55. The van der Waals surface area contributed by atoms with Crippen molar-refractivity contribution in [2.45, 2.75) is 45.4 Å². The Kier molecular flexibility index (Phi) is 4.86. The van der Waals surface area contributed by atoms with Gasteiger partial charge in [0.15, 0.2) is 5.69 Å². The zero-order chi connectivity index (χ0) is 15.7. The van der Waals surface area contributed by atoms with Crippen LogP contribution in [0.1, 0.15) is 56.7 Å². The van der Waals surface area contributed by atoms with Crippen molar-refractivity contribution in [2.75, 3.05) is 6.54 Å². The maximum absolute atomic E-state index is 12.1. The van der Waals surface area contributed by atoms with Crippen LogP contribution in [0.5, 0.6) is 0 Å². The number of hydrogen-bond donors (Lipinski definition) is 2. The number of amides is 1. The molecule has 1 heterocycles. The molecule has 0 spiro atoms. The second-order valence-electron chi connectivity index (χ2n) is 6.15. The van der Waals surface area contributed by atoms with E-state index >= 15 is 0 Å². The van der Waals surface area contributed by atoms with Gasteiger partial charge in [-0.15, -0.1) is 0 Å². The van der Waals surface area contributed by atoms with Gasteiger partial charge in [-0.3, -0.25) is 9.89 Å². The Morgan fingerprint density at radius 2 is 1.95 bits per heavy atom. The predicted molar refractivity (Wildman–Crippen MR) is 77.5 cm³/mol. The molecule has 1 aromatic rings. The third kappa shape index (κ3) is 4.21. The molecule has 114 valence electrons. The number of hydrogen-bond acceptors (Lipinski definition) is 4. The predicted octanol–water partition coefficient (Wildman–Crippen LogP) is 2.24. The van der Waals surface area contributed by atoms with E-state index in [4.69, 9.17) is 10.7 Å². The molecule has 0 aliphatic heterocycles. The summed E-state index contributed by atoms with van der Waals surface area (Å²) >= 11 is 0. The van der Waals surface area contributed by atoms with Crippen molar-refractivity contribution < 1.29 is 13.2 Å². The molecule has 0 radical (unpaired) electrons. The smallest absolute Gasteiger partial charge is 0.273 e. The SMILES string of the molecule is CC(C)c1[nH]nc(C(=O)NCC(C)(C)C)c1S(=O)(=O)Cl. The summed E-state index contributed by atoms with van der Waals surface area (Å²) in [7, 11) is 1.37. The quantitative estimate of drug-likeness (QED) is 0.832. The zero-order valence-corrected chi connectivity index (χ0v) is 13.8. The first-order chi connectivity index (χ1) is 8.93. The van der Waals surface area contributed by atoms with Crippen LogP contribution in [0.2, 0.25) is 0 Å². The summed E-state index contributed by atoms with van der Waals surface area (Å²) in [5.41, 5.74) is 0.0289. The van der Waals surface area contributed by atoms with Gasteiger partial charge >= 0.3 is 0 Å². The van der Waals surface area contributed by atoms with Crippen LogP contribution in [0.4, 0.5) is 0 Å². The van der Waals surface area contributed by atoms with E-state index in [9.17, 15) is 13.2 Å². The van der Waals surface area contributed by atoms with Crippen molar-refractivity contribution in [3.63, 3.8) is 0 Å². The van der Waals surface area contributed by atoms with E-state index in [0.29, 0.717) is 12.2 Å². The van der Waals surface area contributed by atoms with Gasteiger partial charge in [0.2, 0.25) is 0 Å². The number of aromatic nitrogens is 2. The van der Waals surface area contributed by atoms with E-state index in [-0.39, 0.29) is 21.9 Å². The molecular formula is C12H20ClN3O3S. The summed E-state index contributed by atoms with van der Waals surface area (Å²) in [5, 5.41) is 9.05. The summed E-state index contributed by atoms with van der Waals surface area (Å²) < 4.78 is 23.3. The monoisotopic (exact) mass is 321 g/mol. The third-order valence-electron chi connectivity index (χ3n) is 2.56. The molecule has 0 aliphatic carbocycles. The highest BCUT2D eigenvalue weighted by atomic mass is 35.7. The number of H-pyrrole nitrogens is 1. The highest BCUT2D eigenvalue weighted by molar-refractivity contribution is 8.13. The number of carbonyl (C=O) groups excluding carboxylic acids is 1. The van der Waals surface area contributed by atoms with Crippen LogP contribution in [0.3, 0.4) is 0 Å². The molecule has 0 unspecified atom stereocenters. The second kappa shape index (κ2) is 5.73. The standard InChI is InChI=1S/C12H20ClN3O3S/c1-7(2)8-10(20(13,18)19)9(16-15-8)11(17)14-6-12(3,4)5/h7H,6H2,1-5H3,(H,14,17)(H,15,16). The summed E-state index contributed by atoms with van der Waals surface area (Å²) in [5.74, 6) is -0.697. The van der Waals surface area contributed by atoms with Gasteiger partial charge in [-0.1, -0.05) is 34.6 Å². The van der Waals surface area contributed by atoms with Gasteiger partial charge in [0.1, 0.15) is 4.90 Å². The van der Waals surface area contributed by atoms with E-state index in [1.54, 1.807) is 13.8 Å². The van der Waals surface area contributed by atoms with Gasteiger partial charge < -0.3 is 5.32 Å². The van der Waals surface area contributed by atoms with Gasteiger partial charge in [-0.05, 0) is 11.3 Å². The normalized spacial score (nSPS) is 12.8. The van der Waals surface area contributed by atoms with Crippen LogP contribution < -0.4 is 5.32 Å². The van der Waals surface area contributed by atoms with Gasteiger partial charge in [0.05, 0.1) is 5.69 Å². The van der Waals surface area contributed by atoms with E-state index in [0.717, 1.165) is 0 Å². The number of carbonyl (C=O) groups is 1. The lowest BCUT2D eigenvalue weighted by Crippen LogP contribution is -2.33. The largest absolute Gasteiger partial charge is 0.350 e. The van der Waals surface area contributed by atoms with Crippen LogP contribution >= 0.6 is 10.7 Å². The summed E-state index contributed by atoms with van der Waals surface area (Å²) in [4.78, 5) is 11.8. The molecule has 20 heavy (non-hydrogen) atoms. The lowest BCUT2D eigenvalue weighted by Gasteiger charge is -2.18. The highest BCUT2D eigenvalue weighted by Gasteiger charge is 2.30. The Balaban J connectivity index is 3.17. The maximum atomic E-state index is 12.1. The molecule has 0 saturated heterocycles. The minimum Gasteiger partial charge on any atom is -0.350 e. The van der Waals surface area contributed by atoms with Crippen molar-refractivity contribution in [1.82, 2.24) is 15.5 Å². The van der Waals surface area contributed by atoms with Crippen molar-refractivity contribution in [3.8, 4) is 0 Å². The summed E-state index contributed by atoms with van der Waals surface area (Å²) in [6, 6.07) is 0. The van der Waals surface area contributed by atoms with Crippen LogP contribution in [0.15, 0.2) is 4.90 Å². The molecule has 1 amide bonds. The van der Waals surface area contributed by atoms with E-state index in [1.165, 1.54) is 0 Å². The van der Waals surface area contributed by atoms with Crippen LogP contribution in [-0.2, 0) is 9.05 Å². The van der Waals surface area contributed by atoms with E-state index in [1.807, 2.05) is 20.8 Å². The van der Waals surface area contributed by atoms with Gasteiger partial charge in [0.25, 0.3) is 15.0 Å². The molecule has 0 saturated carbocycles. The van der Waals surface area contributed by atoms with Gasteiger partial charge in [-0.25, -0.2) is 8.42 Å². The Morgan fingerprint density at radius 1 is 1.40 bits per heavy atom. The molecule has 2 N–H and O–H groups in total. The number of halogens is 1. The molecule has 0 aliphatic rings.